The molecule has 0 aromatic carbocycles. The third kappa shape index (κ3) is 2.66. The van der Waals surface area contributed by atoms with Gasteiger partial charge in [-0.05, 0) is 41.3 Å². The van der Waals surface area contributed by atoms with Gasteiger partial charge in [0, 0.05) is 36.8 Å². The Kier molecular flexibility index (Phi) is 3.92. The van der Waals surface area contributed by atoms with Crippen LogP contribution in [0.1, 0.15) is 19.3 Å². The van der Waals surface area contributed by atoms with Crippen LogP contribution in [0.4, 0.5) is 10.2 Å². The molecule has 2 saturated heterocycles. The molecule has 0 atom stereocenters. The van der Waals surface area contributed by atoms with Gasteiger partial charge in [0.2, 0.25) is 5.91 Å². The van der Waals surface area contributed by atoms with E-state index in [4.69, 9.17) is 0 Å². The minimum atomic E-state index is -0.344. The molecule has 108 valence electrons. The number of carbonyl (C=O) groups excluding carboxylic acids is 1. The van der Waals surface area contributed by atoms with Crippen LogP contribution >= 0.6 is 15.9 Å². The number of anilines is 1. The molecule has 3 heterocycles. The zero-order chi connectivity index (χ0) is 14.1. The van der Waals surface area contributed by atoms with Gasteiger partial charge in [-0.3, -0.25) is 4.79 Å². The Morgan fingerprint density at radius 2 is 2.00 bits per heavy atom. The average molecular weight is 342 g/mol. The van der Waals surface area contributed by atoms with Crippen LogP contribution in [0.2, 0.25) is 0 Å². The molecule has 2 aliphatic rings. The van der Waals surface area contributed by atoms with Gasteiger partial charge in [-0.25, -0.2) is 9.37 Å². The van der Waals surface area contributed by atoms with Gasteiger partial charge in [-0.1, -0.05) is 0 Å². The lowest BCUT2D eigenvalue weighted by atomic mass is 9.97. The number of carbonyl (C=O) groups is 1. The molecule has 0 aliphatic carbocycles. The first-order valence-electron chi connectivity index (χ1n) is 7.00. The molecule has 4 nitrogen and oxygen atoms in total. The molecule has 1 aromatic rings. The Hall–Kier alpha value is -1.17. The van der Waals surface area contributed by atoms with Crippen LogP contribution < -0.4 is 4.90 Å². The lowest BCUT2D eigenvalue weighted by Crippen LogP contribution is -2.55. The zero-order valence-corrected chi connectivity index (χ0v) is 12.8. The van der Waals surface area contributed by atoms with Crippen molar-refractivity contribution in [2.24, 2.45) is 5.92 Å². The smallest absolute Gasteiger partial charge is 0.229 e. The second-order valence-electron chi connectivity index (χ2n) is 5.45. The molecular formula is C14H17BrFN3O. The minimum Gasteiger partial charge on any atom is -0.352 e. The quantitative estimate of drug-likeness (QED) is 0.828. The summed E-state index contributed by atoms with van der Waals surface area (Å²) in [7, 11) is 0. The highest BCUT2D eigenvalue weighted by molar-refractivity contribution is 9.10. The van der Waals surface area contributed by atoms with Crippen LogP contribution in [0.3, 0.4) is 0 Å². The number of aromatic nitrogens is 1. The number of halogens is 2. The van der Waals surface area contributed by atoms with Crippen molar-refractivity contribution in [2.75, 3.05) is 31.1 Å². The number of likely N-dealkylation sites (tertiary alicyclic amines) is 1. The molecule has 0 radical (unpaired) electrons. The molecular weight excluding hydrogens is 325 g/mol. The summed E-state index contributed by atoms with van der Waals surface area (Å²) in [5.41, 5.74) is 0. The van der Waals surface area contributed by atoms with E-state index >= 15 is 0 Å². The highest BCUT2D eigenvalue weighted by Gasteiger charge is 2.37. The summed E-state index contributed by atoms with van der Waals surface area (Å²) in [5, 5.41) is 0. The SMILES string of the molecule is O=C(C1CN(c2ncc(Br)cc2F)C1)N1CCCCC1. The summed E-state index contributed by atoms with van der Waals surface area (Å²) in [6.45, 7) is 2.89. The number of nitrogens with zero attached hydrogens (tertiary/aromatic N) is 3. The van der Waals surface area contributed by atoms with Gasteiger partial charge in [0.15, 0.2) is 11.6 Å². The highest BCUT2D eigenvalue weighted by atomic mass is 79.9. The highest BCUT2D eigenvalue weighted by Crippen LogP contribution is 2.28. The molecule has 1 amide bonds. The van der Waals surface area contributed by atoms with Gasteiger partial charge in [-0.15, -0.1) is 0 Å². The van der Waals surface area contributed by atoms with Crippen LogP contribution in [0.5, 0.6) is 0 Å². The Bertz CT molecular complexity index is 513. The van der Waals surface area contributed by atoms with E-state index in [1.807, 2.05) is 9.80 Å². The fourth-order valence-electron chi connectivity index (χ4n) is 2.82. The van der Waals surface area contributed by atoms with Crippen molar-refractivity contribution in [3.05, 3.63) is 22.6 Å². The first-order valence-corrected chi connectivity index (χ1v) is 7.79. The standard InChI is InChI=1S/C14H17BrFN3O/c15-11-6-12(16)13(17-7-11)19-8-10(9-19)14(20)18-4-2-1-3-5-18/h6-7,10H,1-5,8-9H2. The van der Waals surface area contributed by atoms with Crippen molar-refractivity contribution in [2.45, 2.75) is 19.3 Å². The Labute approximate surface area is 126 Å². The fourth-order valence-corrected chi connectivity index (χ4v) is 3.12. The van der Waals surface area contributed by atoms with Gasteiger partial charge in [0.25, 0.3) is 0 Å². The minimum absolute atomic E-state index is 0.00190. The number of hydrogen-bond donors (Lipinski definition) is 0. The van der Waals surface area contributed by atoms with Gasteiger partial charge in [0.1, 0.15) is 0 Å². The second-order valence-corrected chi connectivity index (χ2v) is 6.36. The maximum absolute atomic E-state index is 13.8. The molecule has 0 saturated carbocycles. The Morgan fingerprint density at radius 3 is 2.65 bits per heavy atom. The van der Waals surface area contributed by atoms with Crippen LogP contribution in [0.15, 0.2) is 16.7 Å². The van der Waals surface area contributed by atoms with E-state index < -0.39 is 0 Å². The van der Waals surface area contributed by atoms with Crippen molar-refractivity contribution in [1.82, 2.24) is 9.88 Å². The fraction of sp³-hybridized carbons (Fsp3) is 0.571. The topological polar surface area (TPSA) is 36.4 Å². The molecule has 1 aromatic heterocycles. The molecule has 0 bridgehead atoms. The summed E-state index contributed by atoms with van der Waals surface area (Å²) in [4.78, 5) is 20.1. The normalized spacial score (nSPS) is 19.9. The third-order valence-corrected chi connectivity index (χ3v) is 4.42. The van der Waals surface area contributed by atoms with E-state index in [1.165, 1.54) is 12.5 Å². The van der Waals surface area contributed by atoms with Gasteiger partial charge >= 0.3 is 0 Å². The summed E-state index contributed by atoms with van der Waals surface area (Å²) in [6.07, 6.45) is 5.00. The van der Waals surface area contributed by atoms with Crippen LogP contribution in [0.25, 0.3) is 0 Å². The van der Waals surface area contributed by atoms with Crippen LogP contribution in [-0.4, -0.2) is 42.0 Å². The monoisotopic (exact) mass is 341 g/mol. The maximum atomic E-state index is 13.8. The third-order valence-electron chi connectivity index (χ3n) is 3.99. The van der Waals surface area contributed by atoms with E-state index in [-0.39, 0.29) is 17.6 Å². The van der Waals surface area contributed by atoms with E-state index in [2.05, 4.69) is 20.9 Å². The maximum Gasteiger partial charge on any atom is 0.229 e. The number of rotatable bonds is 2. The van der Waals surface area contributed by atoms with Gasteiger partial charge in [-0.2, -0.15) is 0 Å². The molecule has 6 heteroatoms. The molecule has 2 aliphatic heterocycles. The van der Waals surface area contributed by atoms with Crippen molar-refractivity contribution >= 4 is 27.7 Å². The zero-order valence-electron chi connectivity index (χ0n) is 11.2. The van der Waals surface area contributed by atoms with Crippen LogP contribution in [-0.2, 0) is 4.79 Å². The summed E-state index contributed by atoms with van der Waals surface area (Å²) in [5.74, 6) is 0.218. The molecule has 0 N–H and O–H groups in total. The Morgan fingerprint density at radius 1 is 1.30 bits per heavy atom. The van der Waals surface area contributed by atoms with E-state index in [1.54, 1.807) is 6.20 Å². The van der Waals surface area contributed by atoms with Crippen molar-refractivity contribution in [1.29, 1.82) is 0 Å². The van der Waals surface area contributed by atoms with Gasteiger partial charge < -0.3 is 9.80 Å². The van der Waals surface area contributed by atoms with E-state index in [0.29, 0.717) is 23.4 Å². The van der Waals surface area contributed by atoms with E-state index in [9.17, 15) is 9.18 Å². The molecule has 3 rings (SSSR count). The number of piperidine rings is 1. The number of hydrogen-bond acceptors (Lipinski definition) is 3. The van der Waals surface area contributed by atoms with Crippen molar-refractivity contribution in [3.8, 4) is 0 Å². The predicted octanol–water partition coefficient (Wildman–Crippen LogP) is 2.43. The van der Waals surface area contributed by atoms with Crippen molar-refractivity contribution < 1.29 is 9.18 Å². The first-order chi connectivity index (χ1) is 9.65. The number of amides is 1. The largest absolute Gasteiger partial charge is 0.352 e. The predicted molar refractivity (Wildman–Crippen MR) is 78.0 cm³/mol. The number of pyridine rings is 1. The lowest BCUT2D eigenvalue weighted by Gasteiger charge is -2.42. The van der Waals surface area contributed by atoms with Gasteiger partial charge in [0.05, 0.1) is 5.92 Å². The summed E-state index contributed by atoms with van der Waals surface area (Å²) < 4.78 is 14.4. The first kappa shape index (κ1) is 13.8. The molecule has 0 spiro atoms. The summed E-state index contributed by atoms with van der Waals surface area (Å²) >= 11 is 3.19. The lowest BCUT2D eigenvalue weighted by molar-refractivity contribution is -0.137. The van der Waals surface area contributed by atoms with E-state index in [0.717, 1.165) is 25.9 Å². The second kappa shape index (κ2) is 5.68. The van der Waals surface area contributed by atoms with Crippen molar-refractivity contribution in [3.63, 3.8) is 0 Å². The molecule has 0 unspecified atom stereocenters. The molecule has 20 heavy (non-hydrogen) atoms. The Balaban J connectivity index is 1.59. The van der Waals surface area contributed by atoms with Crippen LogP contribution in [0, 0.1) is 11.7 Å². The molecule has 2 fully saturated rings. The average Bonchev–Trinajstić information content (AvgIpc) is 2.40. The summed E-state index contributed by atoms with van der Waals surface area (Å²) in [6, 6.07) is 1.40.